The van der Waals surface area contributed by atoms with Crippen molar-refractivity contribution in [2.75, 3.05) is 0 Å². The zero-order chi connectivity index (χ0) is 18.0. The average molecular weight is 322 g/mol. The van der Waals surface area contributed by atoms with E-state index in [1.165, 1.54) is 0 Å². The van der Waals surface area contributed by atoms with Gasteiger partial charge in [-0.3, -0.25) is 4.79 Å². The van der Waals surface area contributed by atoms with Gasteiger partial charge in [0.2, 0.25) is 0 Å². The molecular weight excluding hydrogens is 288 g/mol. The number of aliphatic hydroxyl groups is 1. The highest BCUT2D eigenvalue weighted by atomic mass is 16.5. The SMILES string of the molecule is C=CC(C)(O)CCC=C(C)CC(C=C(C)C)OC(=O)C(C)CC. The summed E-state index contributed by atoms with van der Waals surface area (Å²) in [5.74, 6) is -0.215. The van der Waals surface area contributed by atoms with Gasteiger partial charge in [-0.15, -0.1) is 6.58 Å². The normalized spacial score (nSPS) is 16.9. The van der Waals surface area contributed by atoms with Crippen LogP contribution in [0.2, 0.25) is 0 Å². The van der Waals surface area contributed by atoms with Crippen LogP contribution in [0.4, 0.5) is 0 Å². The summed E-state index contributed by atoms with van der Waals surface area (Å²) < 4.78 is 5.63. The van der Waals surface area contributed by atoms with Crippen molar-refractivity contribution in [1.82, 2.24) is 0 Å². The zero-order valence-corrected chi connectivity index (χ0v) is 15.7. The molecule has 3 heteroatoms. The predicted molar refractivity (Wildman–Crippen MR) is 97.2 cm³/mol. The summed E-state index contributed by atoms with van der Waals surface area (Å²) in [6.45, 7) is 15.3. The molecule has 0 rings (SSSR count). The first kappa shape index (κ1) is 21.6. The molecule has 0 heterocycles. The molecule has 0 aliphatic heterocycles. The smallest absolute Gasteiger partial charge is 0.309 e. The van der Waals surface area contributed by atoms with E-state index in [0.717, 1.165) is 24.0 Å². The Morgan fingerprint density at radius 2 is 1.96 bits per heavy atom. The van der Waals surface area contributed by atoms with Crippen LogP contribution < -0.4 is 0 Å². The molecule has 0 bridgehead atoms. The highest BCUT2D eigenvalue weighted by Crippen LogP contribution is 2.18. The Bertz CT molecular complexity index is 440. The molecule has 0 amide bonds. The number of hydrogen-bond acceptors (Lipinski definition) is 3. The Hall–Kier alpha value is -1.35. The Morgan fingerprint density at radius 1 is 1.35 bits per heavy atom. The van der Waals surface area contributed by atoms with Gasteiger partial charge in [0, 0.05) is 6.42 Å². The van der Waals surface area contributed by atoms with Gasteiger partial charge < -0.3 is 9.84 Å². The van der Waals surface area contributed by atoms with Gasteiger partial charge in [0.25, 0.3) is 0 Å². The van der Waals surface area contributed by atoms with Crippen LogP contribution in [0, 0.1) is 5.92 Å². The van der Waals surface area contributed by atoms with E-state index in [1.54, 1.807) is 13.0 Å². The summed E-state index contributed by atoms with van der Waals surface area (Å²) in [6, 6.07) is 0. The maximum absolute atomic E-state index is 12.0. The molecule has 3 atom stereocenters. The molecule has 132 valence electrons. The van der Waals surface area contributed by atoms with Gasteiger partial charge >= 0.3 is 5.97 Å². The van der Waals surface area contributed by atoms with Gasteiger partial charge in [0.1, 0.15) is 6.10 Å². The monoisotopic (exact) mass is 322 g/mol. The lowest BCUT2D eigenvalue weighted by Gasteiger charge is -2.19. The van der Waals surface area contributed by atoms with Crippen molar-refractivity contribution in [2.24, 2.45) is 5.92 Å². The third-order valence-electron chi connectivity index (χ3n) is 3.91. The van der Waals surface area contributed by atoms with E-state index in [2.05, 4.69) is 12.7 Å². The molecule has 0 saturated heterocycles. The van der Waals surface area contributed by atoms with Gasteiger partial charge in [-0.1, -0.05) is 37.1 Å². The molecule has 3 nitrogen and oxygen atoms in total. The number of carbonyl (C=O) groups excluding carboxylic acids is 1. The first-order valence-electron chi connectivity index (χ1n) is 8.48. The van der Waals surface area contributed by atoms with E-state index in [0.29, 0.717) is 12.8 Å². The first-order valence-corrected chi connectivity index (χ1v) is 8.48. The Labute approximate surface area is 142 Å². The average Bonchev–Trinajstić information content (AvgIpc) is 2.45. The molecule has 0 aromatic carbocycles. The molecule has 0 fully saturated rings. The van der Waals surface area contributed by atoms with Crippen molar-refractivity contribution < 1.29 is 14.6 Å². The largest absolute Gasteiger partial charge is 0.458 e. The highest BCUT2D eigenvalue weighted by molar-refractivity contribution is 5.72. The Kier molecular flexibility index (Phi) is 9.82. The molecule has 0 radical (unpaired) electrons. The molecule has 0 aromatic rings. The molecule has 0 aromatic heterocycles. The molecule has 0 aliphatic carbocycles. The molecular formula is C20H34O3. The zero-order valence-electron chi connectivity index (χ0n) is 15.7. The van der Waals surface area contributed by atoms with E-state index in [1.807, 2.05) is 40.7 Å². The summed E-state index contributed by atoms with van der Waals surface area (Å²) in [7, 11) is 0. The number of rotatable bonds is 10. The minimum atomic E-state index is -0.834. The van der Waals surface area contributed by atoms with Crippen LogP contribution in [0.15, 0.2) is 36.0 Å². The van der Waals surface area contributed by atoms with Crippen molar-refractivity contribution >= 4 is 5.97 Å². The lowest BCUT2D eigenvalue weighted by atomic mass is 9.98. The molecule has 0 aliphatic rings. The van der Waals surface area contributed by atoms with Crippen LogP contribution >= 0.6 is 0 Å². The quantitative estimate of drug-likeness (QED) is 0.456. The highest BCUT2D eigenvalue weighted by Gasteiger charge is 2.18. The number of ether oxygens (including phenoxy) is 1. The van der Waals surface area contributed by atoms with Crippen LogP contribution in [0.25, 0.3) is 0 Å². The number of carbonyl (C=O) groups is 1. The summed E-state index contributed by atoms with van der Waals surface area (Å²) >= 11 is 0. The van der Waals surface area contributed by atoms with Crippen LogP contribution in [-0.4, -0.2) is 22.8 Å². The van der Waals surface area contributed by atoms with Gasteiger partial charge in [0.15, 0.2) is 0 Å². The minimum absolute atomic E-state index is 0.0740. The summed E-state index contributed by atoms with van der Waals surface area (Å²) in [4.78, 5) is 12.0. The van der Waals surface area contributed by atoms with Crippen LogP contribution in [0.3, 0.4) is 0 Å². The second-order valence-corrected chi connectivity index (χ2v) is 6.88. The molecule has 1 N–H and O–H groups in total. The third-order valence-corrected chi connectivity index (χ3v) is 3.91. The van der Waals surface area contributed by atoms with E-state index in [9.17, 15) is 9.90 Å². The summed E-state index contributed by atoms with van der Waals surface area (Å²) in [6.07, 6.45) is 8.31. The molecule has 0 saturated carbocycles. The first-order chi connectivity index (χ1) is 10.6. The second-order valence-electron chi connectivity index (χ2n) is 6.88. The van der Waals surface area contributed by atoms with Crippen molar-refractivity contribution in [3.05, 3.63) is 36.0 Å². The van der Waals surface area contributed by atoms with Crippen LogP contribution in [0.5, 0.6) is 0 Å². The fraction of sp³-hybridized carbons (Fsp3) is 0.650. The van der Waals surface area contributed by atoms with Gasteiger partial charge in [-0.2, -0.15) is 0 Å². The standard InChI is InChI=1S/C20H34O3/c1-8-17(6)19(21)23-18(13-15(3)4)14-16(5)11-10-12-20(7,22)9-2/h9,11,13,17-18,22H,2,8,10,12,14H2,1,3-7H3. The van der Waals surface area contributed by atoms with E-state index in [4.69, 9.17) is 4.74 Å². The number of hydrogen-bond donors (Lipinski definition) is 1. The van der Waals surface area contributed by atoms with Gasteiger partial charge in [-0.05, 0) is 53.0 Å². The maximum Gasteiger partial charge on any atom is 0.309 e. The third kappa shape index (κ3) is 10.1. The summed E-state index contributed by atoms with van der Waals surface area (Å²) in [5.41, 5.74) is 1.46. The fourth-order valence-electron chi connectivity index (χ4n) is 2.05. The van der Waals surface area contributed by atoms with Crippen molar-refractivity contribution in [2.45, 2.75) is 78.9 Å². The van der Waals surface area contributed by atoms with Crippen molar-refractivity contribution in [3.8, 4) is 0 Å². The van der Waals surface area contributed by atoms with Gasteiger partial charge in [0.05, 0.1) is 11.5 Å². The topological polar surface area (TPSA) is 46.5 Å². The maximum atomic E-state index is 12.0. The number of esters is 1. The fourth-order valence-corrected chi connectivity index (χ4v) is 2.05. The Morgan fingerprint density at radius 3 is 2.43 bits per heavy atom. The van der Waals surface area contributed by atoms with Crippen LogP contribution in [-0.2, 0) is 9.53 Å². The summed E-state index contributed by atoms with van der Waals surface area (Å²) in [5, 5.41) is 9.92. The lowest BCUT2D eigenvalue weighted by molar-refractivity contribution is -0.151. The van der Waals surface area contributed by atoms with Crippen molar-refractivity contribution in [1.29, 1.82) is 0 Å². The number of allylic oxidation sites excluding steroid dienone is 2. The van der Waals surface area contributed by atoms with Crippen LogP contribution in [0.1, 0.15) is 67.2 Å². The lowest BCUT2D eigenvalue weighted by Crippen LogP contribution is -2.22. The molecule has 3 unspecified atom stereocenters. The van der Waals surface area contributed by atoms with E-state index < -0.39 is 5.60 Å². The van der Waals surface area contributed by atoms with E-state index >= 15 is 0 Å². The Balaban J connectivity index is 4.73. The molecule has 23 heavy (non-hydrogen) atoms. The minimum Gasteiger partial charge on any atom is -0.458 e. The second kappa shape index (κ2) is 10.4. The van der Waals surface area contributed by atoms with Crippen molar-refractivity contribution in [3.63, 3.8) is 0 Å². The van der Waals surface area contributed by atoms with E-state index in [-0.39, 0.29) is 18.0 Å². The molecule has 0 spiro atoms. The van der Waals surface area contributed by atoms with Gasteiger partial charge in [-0.25, -0.2) is 0 Å². The predicted octanol–water partition coefficient (Wildman–Crippen LogP) is 4.96.